The highest BCUT2D eigenvalue weighted by Gasteiger charge is 2.23. The molecule has 0 atom stereocenters. The predicted molar refractivity (Wildman–Crippen MR) is 106 cm³/mol. The maximum absolute atomic E-state index is 12.8. The number of carbonyl (C=O) groups is 1. The Balaban J connectivity index is 1.51. The van der Waals surface area contributed by atoms with E-state index in [-0.39, 0.29) is 5.91 Å². The molecule has 0 spiro atoms. The van der Waals surface area contributed by atoms with Crippen LogP contribution in [0.5, 0.6) is 0 Å². The van der Waals surface area contributed by atoms with Gasteiger partial charge in [-0.2, -0.15) is 0 Å². The van der Waals surface area contributed by atoms with Crippen molar-refractivity contribution in [1.29, 1.82) is 0 Å². The summed E-state index contributed by atoms with van der Waals surface area (Å²) in [6.45, 7) is 4.18. The lowest BCUT2D eigenvalue weighted by atomic mass is 10.00. The molecule has 27 heavy (non-hydrogen) atoms. The van der Waals surface area contributed by atoms with Gasteiger partial charge in [-0.1, -0.05) is 42.5 Å². The number of anilines is 2. The van der Waals surface area contributed by atoms with Gasteiger partial charge >= 0.3 is 0 Å². The van der Waals surface area contributed by atoms with Gasteiger partial charge in [0.15, 0.2) is 5.82 Å². The van der Waals surface area contributed by atoms with Crippen LogP contribution in [0.4, 0.5) is 11.5 Å². The Morgan fingerprint density at radius 2 is 1.74 bits per heavy atom. The number of hydrogen-bond acceptors (Lipinski definition) is 4. The van der Waals surface area contributed by atoms with Gasteiger partial charge < -0.3 is 9.80 Å². The van der Waals surface area contributed by atoms with Crippen molar-refractivity contribution >= 4 is 17.4 Å². The van der Waals surface area contributed by atoms with Crippen molar-refractivity contribution in [2.75, 3.05) is 18.0 Å². The molecule has 3 aromatic rings. The summed E-state index contributed by atoms with van der Waals surface area (Å²) in [5.74, 6) is 0.676. The van der Waals surface area contributed by atoms with Crippen LogP contribution in [-0.4, -0.2) is 33.9 Å². The number of rotatable bonds is 4. The molecule has 0 saturated carbocycles. The van der Waals surface area contributed by atoms with E-state index in [1.54, 1.807) is 12.4 Å². The fraction of sp³-hybridized carbons (Fsp3) is 0.227. The second-order valence-corrected chi connectivity index (χ2v) is 6.59. The number of para-hydroxylation sites is 1. The first-order valence-corrected chi connectivity index (χ1v) is 9.27. The van der Waals surface area contributed by atoms with E-state index >= 15 is 0 Å². The summed E-state index contributed by atoms with van der Waals surface area (Å²) in [6.07, 6.45) is 4.15. The minimum atomic E-state index is -0.0636. The monoisotopic (exact) mass is 358 g/mol. The normalized spacial score (nSPS) is 13.1. The summed E-state index contributed by atoms with van der Waals surface area (Å²) in [5, 5.41) is 0. The van der Waals surface area contributed by atoms with Crippen molar-refractivity contribution in [3.63, 3.8) is 0 Å². The van der Waals surface area contributed by atoms with Crippen LogP contribution in [0.2, 0.25) is 0 Å². The van der Waals surface area contributed by atoms with E-state index in [4.69, 9.17) is 0 Å². The molecule has 0 unspecified atom stereocenters. The number of carbonyl (C=O) groups excluding carboxylic acids is 1. The zero-order chi connectivity index (χ0) is 18.6. The van der Waals surface area contributed by atoms with Gasteiger partial charge in [0.1, 0.15) is 5.69 Å². The second kappa shape index (κ2) is 7.58. The molecule has 2 aromatic carbocycles. The zero-order valence-electron chi connectivity index (χ0n) is 15.4. The van der Waals surface area contributed by atoms with Crippen LogP contribution in [-0.2, 0) is 13.0 Å². The molecule has 0 N–H and O–H groups in total. The van der Waals surface area contributed by atoms with Gasteiger partial charge in [0, 0.05) is 25.3 Å². The SMILES string of the molecule is CCN(c1ccccc1)c1cnc(C(=O)N2CCc3ccccc3C2)cn1. The third kappa shape index (κ3) is 3.53. The lowest BCUT2D eigenvalue weighted by Crippen LogP contribution is -2.36. The molecule has 4 rings (SSSR count). The fourth-order valence-electron chi connectivity index (χ4n) is 3.49. The first-order chi connectivity index (χ1) is 13.3. The van der Waals surface area contributed by atoms with Crippen molar-refractivity contribution in [2.24, 2.45) is 0 Å². The number of fused-ring (bicyclic) bond motifs is 1. The first kappa shape index (κ1) is 17.2. The molecule has 5 nitrogen and oxygen atoms in total. The number of aromatic nitrogens is 2. The van der Waals surface area contributed by atoms with Gasteiger partial charge in [0.05, 0.1) is 12.4 Å². The first-order valence-electron chi connectivity index (χ1n) is 9.27. The van der Waals surface area contributed by atoms with E-state index in [1.807, 2.05) is 47.4 Å². The highest BCUT2D eigenvalue weighted by atomic mass is 16.2. The van der Waals surface area contributed by atoms with Crippen molar-refractivity contribution < 1.29 is 4.79 Å². The summed E-state index contributed by atoms with van der Waals surface area (Å²) in [4.78, 5) is 25.7. The van der Waals surface area contributed by atoms with Gasteiger partial charge in [0.25, 0.3) is 5.91 Å². The molecule has 0 bridgehead atoms. The summed E-state index contributed by atoms with van der Waals surface area (Å²) < 4.78 is 0. The van der Waals surface area contributed by atoms with Crippen LogP contribution in [0.25, 0.3) is 0 Å². The Bertz CT molecular complexity index is 925. The molecule has 1 amide bonds. The van der Waals surface area contributed by atoms with Crippen LogP contribution in [0.15, 0.2) is 67.0 Å². The number of nitrogens with zero attached hydrogens (tertiary/aromatic N) is 4. The molecular formula is C22H22N4O. The third-order valence-electron chi connectivity index (χ3n) is 4.94. The predicted octanol–water partition coefficient (Wildman–Crippen LogP) is 3.83. The van der Waals surface area contributed by atoms with Crippen molar-refractivity contribution in [3.05, 3.63) is 83.8 Å². The third-order valence-corrected chi connectivity index (χ3v) is 4.94. The number of amides is 1. The molecule has 1 aliphatic heterocycles. The Morgan fingerprint density at radius 3 is 2.44 bits per heavy atom. The summed E-state index contributed by atoms with van der Waals surface area (Å²) in [5.41, 5.74) is 3.98. The Hall–Kier alpha value is -3.21. The standard InChI is InChI=1S/C22H22N4O/c1-2-26(19-10-4-3-5-11-19)21-15-23-20(14-24-21)22(27)25-13-12-17-8-6-7-9-18(17)16-25/h3-11,14-15H,2,12-13,16H2,1H3. The molecule has 2 heterocycles. The number of benzene rings is 2. The van der Waals surface area contributed by atoms with Crippen molar-refractivity contribution in [1.82, 2.24) is 14.9 Å². The van der Waals surface area contributed by atoms with Gasteiger partial charge in [-0.05, 0) is 36.6 Å². The molecule has 1 aliphatic rings. The second-order valence-electron chi connectivity index (χ2n) is 6.59. The molecule has 0 radical (unpaired) electrons. The van der Waals surface area contributed by atoms with E-state index < -0.39 is 0 Å². The average Bonchev–Trinajstić information content (AvgIpc) is 2.75. The number of hydrogen-bond donors (Lipinski definition) is 0. The van der Waals surface area contributed by atoms with E-state index in [0.29, 0.717) is 18.8 Å². The lowest BCUT2D eigenvalue weighted by molar-refractivity contribution is 0.0728. The summed E-state index contributed by atoms with van der Waals surface area (Å²) in [6, 6.07) is 18.3. The highest BCUT2D eigenvalue weighted by molar-refractivity contribution is 5.92. The van der Waals surface area contributed by atoms with Crippen LogP contribution in [0.1, 0.15) is 28.5 Å². The fourth-order valence-corrected chi connectivity index (χ4v) is 3.49. The van der Waals surface area contributed by atoms with E-state index in [0.717, 1.165) is 24.5 Å². The highest BCUT2D eigenvalue weighted by Crippen LogP contribution is 2.23. The summed E-state index contributed by atoms with van der Waals surface area (Å²) >= 11 is 0. The van der Waals surface area contributed by atoms with Gasteiger partial charge in [-0.15, -0.1) is 0 Å². The Labute approximate surface area is 159 Å². The molecule has 0 aliphatic carbocycles. The Kier molecular flexibility index (Phi) is 4.83. The lowest BCUT2D eigenvalue weighted by Gasteiger charge is -2.28. The van der Waals surface area contributed by atoms with E-state index in [9.17, 15) is 4.79 Å². The molecule has 136 valence electrons. The zero-order valence-corrected chi connectivity index (χ0v) is 15.4. The minimum Gasteiger partial charge on any atom is -0.333 e. The molecule has 1 aromatic heterocycles. The van der Waals surface area contributed by atoms with Crippen molar-refractivity contribution in [2.45, 2.75) is 19.9 Å². The maximum atomic E-state index is 12.8. The van der Waals surface area contributed by atoms with Gasteiger partial charge in [-0.25, -0.2) is 9.97 Å². The average molecular weight is 358 g/mol. The minimum absolute atomic E-state index is 0.0636. The van der Waals surface area contributed by atoms with Gasteiger partial charge in [0.2, 0.25) is 0 Å². The van der Waals surface area contributed by atoms with Gasteiger partial charge in [-0.3, -0.25) is 4.79 Å². The molecule has 5 heteroatoms. The van der Waals surface area contributed by atoms with Crippen LogP contribution in [0.3, 0.4) is 0 Å². The Morgan fingerprint density at radius 1 is 1.00 bits per heavy atom. The maximum Gasteiger partial charge on any atom is 0.274 e. The molecular weight excluding hydrogens is 336 g/mol. The summed E-state index contributed by atoms with van der Waals surface area (Å²) in [7, 11) is 0. The molecule has 0 fully saturated rings. The molecule has 0 saturated heterocycles. The van der Waals surface area contributed by atoms with Crippen LogP contribution >= 0.6 is 0 Å². The van der Waals surface area contributed by atoms with Crippen LogP contribution < -0.4 is 4.90 Å². The smallest absolute Gasteiger partial charge is 0.274 e. The van der Waals surface area contributed by atoms with Crippen LogP contribution in [0, 0.1) is 0 Å². The topological polar surface area (TPSA) is 49.3 Å². The van der Waals surface area contributed by atoms with E-state index in [2.05, 4.69) is 33.9 Å². The van der Waals surface area contributed by atoms with Crippen molar-refractivity contribution in [3.8, 4) is 0 Å². The quantitative estimate of drug-likeness (QED) is 0.711. The van der Waals surface area contributed by atoms with E-state index in [1.165, 1.54) is 11.1 Å². The largest absolute Gasteiger partial charge is 0.333 e.